The molecule has 1 aliphatic rings. The van der Waals surface area contributed by atoms with E-state index in [0.29, 0.717) is 11.8 Å². The van der Waals surface area contributed by atoms with E-state index in [1.54, 1.807) is 0 Å². The normalized spacial score (nSPS) is 48.2. The second-order valence-corrected chi connectivity index (χ2v) is 3.93. The van der Waals surface area contributed by atoms with Crippen molar-refractivity contribution in [3.8, 4) is 0 Å². The summed E-state index contributed by atoms with van der Waals surface area (Å²) in [6.45, 7) is 6.18. The van der Waals surface area contributed by atoms with Gasteiger partial charge in [0, 0.05) is 6.00 Å². The molecule has 1 saturated heterocycles. The molecule has 0 aromatic carbocycles. The van der Waals surface area contributed by atoms with E-state index in [4.69, 9.17) is 12.6 Å². The van der Waals surface area contributed by atoms with E-state index in [2.05, 4.69) is 13.8 Å². The SMILES string of the molecule is [B][C@@H]1O[C@](C)(CO)C(CC)[C@@H]1C. The fraction of sp³-hybridized carbons (Fsp3) is 1.00. The Morgan fingerprint density at radius 2 is 2.17 bits per heavy atom. The van der Waals surface area contributed by atoms with Gasteiger partial charge in [-0.1, -0.05) is 20.3 Å². The minimum atomic E-state index is -0.423. The quantitative estimate of drug-likeness (QED) is 0.621. The fourth-order valence-electron chi connectivity index (χ4n) is 2.25. The molecule has 0 amide bonds. The summed E-state index contributed by atoms with van der Waals surface area (Å²) < 4.78 is 5.54. The van der Waals surface area contributed by atoms with Crippen LogP contribution in [0.2, 0.25) is 0 Å². The van der Waals surface area contributed by atoms with E-state index in [1.807, 2.05) is 6.92 Å². The van der Waals surface area contributed by atoms with Gasteiger partial charge >= 0.3 is 0 Å². The summed E-state index contributed by atoms with van der Waals surface area (Å²) in [4.78, 5) is 0. The number of hydrogen-bond acceptors (Lipinski definition) is 2. The monoisotopic (exact) mass is 168 g/mol. The Balaban J connectivity index is 2.77. The van der Waals surface area contributed by atoms with Gasteiger partial charge in [-0.3, -0.25) is 0 Å². The molecule has 4 atom stereocenters. The Hall–Kier alpha value is -0.0151. The molecule has 2 radical (unpaired) electrons. The van der Waals surface area contributed by atoms with Gasteiger partial charge in [0.1, 0.15) is 7.85 Å². The van der Waals surface area contributed by atoms with Crippen molar-refractivity contribution in [1.29, 1.82) is 0 Å². The van der Waals surface area contributed by atoms with E-state index in [9.17, 15) is 5.11 Å². The molecule has 1 aliphatic heterocycles. The van der Waals surface area contributed by atoms with E-state index in [0.717, 1.165) is 6.42 Å². The molecule has 0 aromatic rings. The number of aliphatic hydroxyl groups excluding tert-OH is 1. The van der Waals surface area contributed by atoms with Crippen LogP contribution in [0.4, 0.5) is 0 Å². The lowest BCUT2D eigenvalue weighted by Gasteiger charge is -2.28. The Morgan fingerprint density at radius 1 is 1.58 bits per heavy atom. The van der Waals surface area contributed by atoms with E-state index < -0.39 is 5.60 Å². The van der Waals surface area contributed by atoms with Crippen LogP contribution in [0.1, 0.15) is 27.2 Å². The smallest absolute Gasteiger partial charge is 0.109 e. The van der Waals surface area contributed by atoms with Gasteiger partial charge in [0.05, 0.1) is 12.2 Å². The third-order valence-corrected chi connectivity index (χ3v) is 3.10. The van der Waals surface area contributed by atoms with E-state index in [-0.39, 0.29) is 12.6 Å². The van der Waals surface area contributed by atoms with Gasteiger partial charge < -0.3 is 9.84 Å². The lowest BCUT2D eigenvalue weighted by Crippen LogP contribution is -2.36. The fourth-order valence-corrected chi connectivity index (χ4v) is 2.25. The van der Waals surface area contributed by atoms with Crippen LogP contribution in [0, 0.1) is 11.8 Å². The third kappa shape index (κ3) is 1.40. The van der Waals surface area contributed by atoms with Crippen LogP contribution >= 0.6 is 0 Å². The van der Waals surface area contributed by atoms with Gasteiger partial charge in [-0.15, -0.1) is 0 Å². The van der Waals surface area contributed by atoms with Crippen LogP contribution in [0.25, 0.3) is 0 Å². The molecule has 12 heavy (non-hydrogen) atoms. The van der Waals surface area contributed by atoms with E-state index in [1.165, 1.54) is 0 Å². The van der Waals surface area contributed by atoms with Gasteiger partial charge in [0.2, 0.25) is 0 Å². The Labute approximate surface area is 75.7 Å². The zero-order valence-electron chi connectivity index (χ0n) is 8.08. The molecule has 1 rings (SSSR count). The van der Waals surface area contributed by atoms with Crippen LogP contribution in [0.5, 0.6) is 0 Å². The summed E-state index contributed by atoms with van der Waals surface area (Å²) in [7, 11) is 5.76. The molecule has 1 N–H and O–H groups in total. The van der Waals surface area contributed by atoms with Crippen LogP contribution in [0.15, 0.2) is 0 Å². The summed E-state index contributed by atoms with van der Waals surface area (Å²) in [5.41, 5.74) is -0.423. The number of aliphatic hydroxyl groups is 1. The van der Waals surface area contributed by atoms with Crippen molar-refractivity contribution >= 4 is 7.85 Å². The largest absolute Gasteiger partial charge is 0.393 e. The average molecular weight is 168 g/mol. The highest BCUT2D eigenvalue weighted by Gasteiger charge is 2.46. The molecular weight excluding hydrogens is 151 g/mol. The van der Waals surface area contributed by atoms with Crippen molar-refractivity contribution in [3.63, 3.8) is 0 Å². The molecule has 0 aromatic heterocycles. The average Bonchev–Trinajstić information content (AvgIpc) is 2.25. The highest BCUT2D eigenvalue weighted by atomic mass is 16.5. The third-order valence-electron chi connectivity index (χ3n) is 3.10. The van der Waals surface area contributed by atoms with Crippen molar-refractivity contribution in [2.24, 2.45) is 11.8 Å². The number of ether oxygens (including phenoxy) is 1. The first-order valence-corrected chi connectivity index (χ1v) is 4.59. The second kappa shape index (κ2) is 3.39. The van der Waals surface area contributed by atoms with Crippen LogP contribution < -0.4 is 0 Å². The highest BCUT2D eigenvalue weighted by Crippen LogP contribution is 2.40. The molecule has 2 nitrogen and oxygen atoms in total. The second-order valence-electron chi connectivity index (χ2n) is 3.93. The van der Waals surface area contributed by atoms with Gasteiger partial charge in [0.15, 0.2) is 0 Å². The molecule has 1 unspecified atom stereocenters. The van der Waals surface area contributed by atoms with Crippen LogP contribution in [0.3, 0.4) is 0 Å². The van der Waals surface area contributed by atoms with Crippen molar-refractivity contribution < 1.29 is 9.84 Å². The molecular formula is C9H17BO2. The Bertz CT molecular complexity index is 163. The van der Waals surface area contributed by atoms with Crippen molar-refractivity contribution in [3.05, 3.63) is 0 Å². The standard InChI is InChI=1S/C9H17BO2/c1-4-7-6(2)8(10)12-9(7,3)5-11/h6-8,11H,4-5H2,1-3H3/t6-,7?,8+,9+/m0/s1. The van der Waals surface area contributed by atoms with Crippen molar-refractivity contribution in [2.75, 3.05) is 6.61 Å². The molecule has 68 valence electrons. The summed E-state index contributed by atoms with van der Waals surface area (Å²) in [6.07, 6.45) is 1.01. The van der Waals surface area contributed by atoms with Gasteiger partial charge in [-0.25, -0.2) is 0 Å². The summed E-state index contributed by atoms with van der Waals surface area (Å²) in [6, 6.07) is -0.216. The van der Waals surface area contributed by atoms with Gasteiger partial charge in [0.25, 0.3) is 0 Å². The topological polar surface area (TPSA) is 29.5 Å². The van der Waals surface area contributed by atoms with Crippen LogP contribution in [-0.4, -0.2) is 31.2 Å². The van der Waals surface area contributed by atoms with Crippen molar-refractivity contribution in [1.82, 2.24) is 0 Å². The predicted molar refractivity (Wildman–Crippen MR) is 49.1 cm³/mol. The van der Waals surface area contributed by atoms with Crippen LogP contribution in [-0.2, 0) is 4.74 Å². The van der Waals surface area contributed by atoms with Gasteiger partial charge in [-0.2, -0.15) is 0 Å². The number of rotatable bonds is 2. The maximum Gasteiger partial charge on any atom is 0.109 e. The zero-order valence-corrected chi connectivity index (χ0v) is 8.08. The first-order chi connectivity index (χ1) is 5.55. The highest BCUT2D eigenvalue weighted by molar-refractivity contribution is 6.11. The first kappa shape index (κ1) is 10.1. The zero-order chi connectivity index (χ0) is 9.35. The molecule has 0 spiro atoms. The lowest BCUT2D eigenvalue weighted by molar-refractivity contribution is -0.0581. The molecule has 1 fully saturated rings. The molecule has 0 saturated carbocycles. The van der Waals surface area contributed by atoms with Gasteiger partial charge in [-0.05, 0) is 18.8 Å². The summed E-state index contributed by atoms with van der Waals surface area (Å²) in [5.74, 6) is 0.713. The van der Waals surface area contributed by atoms with Crippen molar-refractivity contribution in [2.45, 2.75) is 38.8 Å². The minimum absolute atomic E-state index is 0.0591. The first-order valence-electron chi connectivity index (χ1n) is 4.59. The van der Waals surface area contributed by atoms with E-state index >= 15 is 0 Å². The Morgan fingerprint density at radius 3 is 2.50 bits per heavy atom. The minimum Gasteiger partial charge on any atom is -0.393 e. The molecule has 3 heteroatoms. The molecule has 0 aliphatic carbocycles. The lowest BCUT2D eigenvalue weighted by atomic mass is 9.76. The summed E-state index contributed by atoms with van der Waals surface area (Å²) in [5, 5.41) is 9.18. The maximum atomic E-state index is 9.18. The predicted octanol–water partition coefficient (Wildman–Crippen LogP) is 0.924. The molecule has 1 heterocycles. The maximum absolute atomic E-state index is 9.18. The molecule has 0 bridgehead atoms. The Kier molecular flexibility index (Phi) is 2.84. The summed E-state index contributed by atoms with van der Waals surface area (Å²) >= 11 is 0. The number of hydrogen-bond donors (Lipinski definition) is 1.